The Morgan fingerprint density at radius 2 is 1.67 bits per heavy atom. The molecular formula is C16H16Cl2N2O. The van der Waals surface area contributed by atoms with Gasteiger partial charge in [0, 0.05) is 12.2 Å². The second-order valence-electron chi connectivity index (χ2n) is 4.77. The van der Waals surface area contributed by atoms with Crippen molar-refractivity contribution in [1.29, 1.82) is 0 Å². The van der Waals surface area contributed by atoms with Gasteiger partial charge in [0.25, 0.3) is 0 Å². The molecule has 0 spiro atoms. The molecule has 5 heteroatoms. The van der Waals surface area contributed by atoms with E-state index in [2.05, 4.69) is 5.32 Å². The molecule has 0 unspecified atom stereocenters. The number of benzene rings is 2. The molecule has 2 rings (SSSR count). The Morgan fingerprint density at radius 3 is 2.33 bits per heavy atom. The van der Waals surface area contributed by atoms with Crippen LogP contribution in [0.4, 0.5) is 5.69 Å². The van der Waals surface area contributed by atoms with Crippen LogP contribution in [0.25, 0.3) is 0 Å². The molecule has 3 nitrogen and oxygen atoms in total. The second-order valence-corrected chi connectivity index (χ2v) is 5.58. The van der Waals surface area contributed by atoms with E-state index in [0.717, 1.165) is 23.2 Å². The summed E-state index contributed by atoms with van der Waals surface area (Å²) >= 11 is 11.8. The lowest BCUT2D eigenvalue weighted by Gasteiger charge is -2.06. The molecule has 0 radical (unpaired) electrons. The Balaban J connectivity index is 1.79. The lowest BCUT2D eigenvalue weighted by atomic mass is 10.1. The van der Waals surface area contributed by atoms with Gasteiger partial charge in [-0.25, -0.2) is 0 Å². The van der Waals surface area contributed by atoms with E-state index >= 15 is 0 Å². The summed E-state index contributed by atoms with van der Waals surface area (Å²) in [5, 5.41) is 3.83. The van der Waals surface area contributed by atoms with Crippen molar-refractivity contribution < 1.29 is 4.79 Å². The minimum atomic E-state index is -0.0381. The van der Waals surface area contributed by atoms with E-state index in [-0.39, 0.29) is 5.91 Å². The second kappa shape index (κ2) is 7.34. The first-order valence-electron chi connectivity index (χ1n) is 6.59. The van der Waals surface area contributed by atoms with E-state index in [9.17, 15) is 4.79 Å². The minimum absolute atomic E-state index is 0.0381. The zero-order valence-corrected chi connectivity index (χ0v) is 12.9. The Morgan fingerprint density at radius 1 is 1.00 bits per heavy atom. The molecule has 21 heavy (non-hydrogen) atoms. The number of hydrogen-bond acceptors (Lipinski definition) is 2. The third-order valence-electron chi connectivity index (χ3n) is 3.06. The summed E-state index contributed by atoms with van der Waals surface area (Å²) in [6, 6.07) is 12.8. The highest BCUT2D eigenvalue weighted by molar-refractivity contribution is 6.42. The molecule has 0 heterocycles. The molecule has 110 valence electrons. The number of hydrogen-bond donors (Lipinski definition) is 2. The van der Waals surface area contributed by atoms with Crippen molar-refractivity contribution in [2.45, 2.75) is 12.8 Å². The topological polar surface area (TPSA) is 55.1 Å². The van der Waals surface area contributed by atoms with Gasteiger partial charge < -0.3 is 11.1 Å². The van der Waals surface area contributed by atoms with Gasteiger partial charge in [0.15, 0.2) is 0 Å². The number of nitrogen functional groups attached to an aromatic ring is 1. The first kappa shape index (κ1) is 15.7. The predicted molar refractivity (Wildman–Crippen MR) is 87.7 cm³/mol. The van der Waals surface area contributed by atoms with Crippen molar-refractivity contribution in [3.05, 3.63) is 63.6 Å². The Kier molecular flexibility index (Phi) is 5.48. The molecule has 0 aromatic heterocycles. The van der Waals surface area contributed by atoms with E-state index < -0.39 is 0 Å². The first-order valence-corrected chi connectivity index (χ1v) is 7.35. The zero-order valence-electron chi connectivity index (χ0n) is 11.4. The molecule has 0 aliphatic carbocycles. The van der Waals surface area contributed by atoms with Crippen molar-refractivity contribution >= 4 is 34.8 Å². The molecule has 0 aliphatic rings. The monoisotopic (exact) mass is 322 g/mol. The van der Waals surface area contributed by atoms with Crippen molar-refractivity contribution in [2.24, 2.45) is 0 Å². The summed E-state index contributed by atoms with van der Waals surface area (Å²) in [6.07, 6.45) is 1.06. The molecule has 2 aromatic rings. The fraction of sp³-hybridized carbons (Fsp3) is 0.188. The van der Waals surface area contributed by atoms with E-state index in [1.807, 2.05) is 24.3 Å². The highest BCUT2D eigenvalue weighted by atomic mass is 35.5. The number of carbonyl (C=O) groups excluding carboxylic acids is 1. The van der Waals surface area contributed by atoms with E-state index in [4.69, 9.17) is 28.9 Å². The van der Waals surface area contributed by atoms with Crippen LogP contribution in [0, 0.1) is 0 Å². The number of nitrogens with two attached hydrogens (primary N) is 1. The van der Waals surface area contributed by atoms with Gasteiger partial charge in [0.05, 0.1) is 16.5 Å². The fourth-order valence-corrected chi connectivity index (χ4v) is 2.25. The summed E-state index contributed by atoms with van der Waals surface area (Å²) in [5.41, 5.74) is 8.34. The molecular weight excluding hydrogens is 307 g/mol. The maximum atomic E-state index is 11.8. The molecule has 0 saturated heterocycles. The summed E-state index contributed by atoms with van der Waals surface area (Å²) in [7, 11) is 0. The van der Waals surface area contributed by atoms with Crippen LogP contribution >= 0.6 is 23.2 Å². The van der Waals surface area contributed by atoms with E-state index in [1.54, 1.807) is 18.2 Å². The first-order chi connectivity index (χ1) is 10.0. The van der Waals surface area contributed by atoms with Crippen LogP contribution in [0.3, 0.4) is 0 Å². The van der Waals surface area contributed by atoms with Gasteiger partial charge in [-0.3, -0.25) is 4.79 Å². The number of anilines is 1. The summed E-state index contributed by atoms with van der Waals surface area (Å²) in [6.45, 7) is 0.587. The van der Waals surface area contributed by atoms with Gasteiger partial charge in [-0.2, -0.15) is 0 Å². The maximum Gasteiger partial charge on any atom is 0.224 e. The summed E-state index contributed by atoms with van der Waals surface area (Å²) < 4.78 is 0. The van der Waals surface area contributed by atoms with Gasteiger partial charge in [0.2, 0.25) is 5.91 Å². The third-order valence-corrected chi connectivity index (χ3v) is 3.80. The molecule has 3 N–H and O–H groups in total. The smallest absolute Gasteiger partial charge is 0.224 e. The minimum Gasteiger partial charge on any atom is -0.399 e. The molecule has 2 aromatic carbocycles. The third kappa shape index (κ3) is 4.96. The Labute approximate surface area is 134 Å². The number of carbonyl (C=O) groups is 1. The van der Waals surface area contributed by atoms with Gasteiger partial charge in [-0.15, -0.1) is 0 Å². The highest BCUT2D eigenvalue weighted by Crippen LogP contribution is 2.22. The average molecular weight is 323 g/mol. The average Bonchev–Trinajstić information content (AvgIpc) is 2.45. The van der Waals surface area contributed by atoms with Crippen LogP contribution in [-0.2, 0) is 17.6 Å². The van der Waals surface area contributed by atoms with Crippen LogP contribution in [0.5, 0.6) is 0 Å². The summed E-state index contributed by atoms with van der Waals surface area (Å²) in [5.74, 6) is -0.0381. The largest absolute Gasteiger partial charge is 0.399 e. The normalized spacial score (nSPS) is 10.4. The molecule has 0 saturated carbocycles. The van der Waals surface area contributed by atoms with Crippen LogP contribution < -0.4 is 11.1 Å². The van der Waals surface area contributed by atoms with Gasteiger partial charge in [0.1, 0.15) is 0 Å². The molecule has 0 aliphatic heterocycles. The quantitative estimate of drug-likeness (QED) is 0.828. The van der Waals surface area contributed by atoms with Crippen molar-refractivity contribution in [2.75, 3.05) is 12.3 Å². The van der Waals surface area contributed by atoms with Crippen molar-refractivity contribution in [3.63, 3.8) is 0 Å². The number of nitrogens with one attached hydrogen (secondary N) is 1. The number of rotatable bonds is 5. The Hall–Kier alpha value is -1.71. The Bertz CT molecular complexity index is 627. The summed E-state index contributed by atoms with van der Waals surface area (Å²) in [4.78, 5) is 11.8. The zero-order chi connectivity index (χ0) is 15.2. The number of halogens is 2. The van der Waals surface area contributed by atoms with E-state index in [0.29, 0.717) is 23.0 Å². The van der Waals surface area contributed by atoms with Crippen molar-refractivity contribution in [3.8, 4) is 0 Å². The molecule has 0 bridgehead atoms. The lowest BCUT2D eigenvalue weighted by Crippen LogP contribution is -2.27. The van der Waals surface area contributed by atoms with Crippen LogP contribution in [0.15, 0.2) is 42.5 Å². The highest BCUT2D eigenvalue weighted by Gasteiger charge is 2.05. The van der Waals surface area contributed by atoms with Crippen LogP contribution in [0.2, 0.25) is 10.0 Å². The maximum absolute atomic E-state index is 11.8. The van der Waals surface area contributed by atoms with Gasteiger partial charge in [-0.1, -0.05) is 41.4 Å². The van der Waals surface area contributed by atoms with Crippen LogP contribution in [-0.4, -0.2) is 12.5 Å². The van der Waals surface area contributed by atoms with Crippen LogP contribution in [0.1, 0.15) is 11.1 Å². The number of amides is 1. The van der Waals surface area contributed by atoms with E-state index in [1.165, 1.54) is 0 Å². The standard InChI is InChI=1S/C16H16Cl2N2O/c17-14-6-3-12(9-15(14)18)10-16(21)20-8-7-11-1-4-13(19)5-2-11/h1-6,9H,7-8,10,19H2,(H,20,21). The van der Waals surface area contributed by atoms with Gasteiger partial charge >= 0.3 is 0 Å². The molecule has 0 fully saturated rings. The predicted octanol–water partition coefficient (Wildman–Crippen LogP) is 3.48. The van der Waals surface area contributed by atoms with Crippen molar-refractivity contribution in [1.82, 2.24) is 5.32 Å². The van der Waals surface area contributed by atoms with Gasteiger partial charge in [-0.05, 0) is 41.8 Å². The molecule has 0 atom stereocenters. The lowest BCUT2D eigenvalue weighted by molar-refractivity contribution is -0.120. The SMILES string of the molecule is Nc1ccc(CCNC(=O)Cc2ccc(Cl)c(Cl)c2)cc1. The fourth-order valence-electron chi connectivity index (χ4n) is 1.93. The molecule has 1 amide bonds.